The lowest BCUT2D eigenvalue weighted by Gasteiger charge is -2.12. The molecule has 1 aromatic carbocycles. The van der Waals surface area contributed by atoms with Crippen LogP contribution in [0.5, 0.6) is 11.5 Å². The van der Waals surface area contributed by atoms with E-state index in [1.807, 2.05) is 36.5 Å². The molecule has 0 spiro atoms. The van der Waals surface area contributed by atoms with E-state index in [9.17, 15) is 5.26 Å². The highest BCUT2D eigenvalue weighted by Gasteiger charge is 2.12. The normalized spacial score (nSPS) is 10.4. The number of ether oxygens (including phenoxy) is 2. The van der Waals surface area contributed by atoms with Gasteiger partial charge in [0.2, 0.25) is 0 Å². The fraction of sp³-hybridized carbons (Fsp3) is 0.263. The lowest BCUT2D eigenvalue weighted by Crippen LogP contribution is -2.04. The minimum absolute atomic E-state index is 0.396. The summed E-state index contributed by atoms with van der Waals surface area (Å²) in [7, 11) is 1.64. The van der Waals surface area contributed by atoms with Crippen molar-refractivity contribution in [2.45, 2.75) is 20.0 Å². The van der Waals surface area contributed by atoms with Crippen LogP contribution in [0.2, 0.25) is 0 Å². The average molecular weight is 336 g/mol. The van der Waals surface area contributed by atoms with Gasteiger partial charge in [-0.2, -0.15) is 10.4 Å². The molecule has 0 aliphatic heterocycles. The molecule has 0 saturated heterocycles. The monoisotopic (exact) mass is 336 g/mol. The molecule has 0 saturated carbocycles. The van der Waals surface area contributed by atoms with Crippen LogP contribution in [0.3, 0.4) is 0 Å². The summed E-state index contributed by atoms with van der Waals surface area (Å²) in [5.74, 6) is 1.44. The Bertz CT molecular complexity index is 894. The summed E-state index contributed by atoms with van der Waals surface area (Å²) in [6.07, 6.45) is 4.44. The molecule has 2 heterocycles. The quantitative estimate of drug-likeness (QED) is 0.713. The zero-order chi connectivity index (χ0) is 17.6. The zero-order valence-corrected chi connectivity index (χ0v) is 14.3. The molecule has 0 amide bonds. The molecule has 0 aliphatic rings. The second-order valence-corrected chi connectivity index (χ2v) is 5.62. The van der Waals surface area contributed by atoms with Crippen molar-refractivity contribution in [3.63, 3.8) is 0 Å². The SMILES string of the molecule is CCCNc1cc(OCc2ccc(OC)cc2)c2c(C#N)cnn2c1. The minimum Gasteiger partial charge on any atom is -0.497 e. The van der Waals surface area contributed by atoms with Gasteiger partial charge in [0, 0.05) is 12.6 Å². The molecule has 0 unspecified atom stereocenters. The first-order chi connectivity index (χ1) is 12.2. The summed E-state index contributed by atoms with van der Waals surface area (Å²) < 4.78 is 12.9. The molecule has 6 nitrogen and oxygen atoms in total. The number of hydrogen-bond donors (Lipinski definition) is 1. The Morgan fingerprint density at radius 3 is 2.76 bits per heavy atom. The van der Waals surface area contributed by atoms with Crippen LogP contribution in [-0.4, -0.2) is 23.3 Å². The number of nitrogens with one attached hydrogen (secondary N) is 1. The first-order valence-corrected chi connectivity index (χ1v) is 8.16. The number of rotatable bonds is 7. The third-order valence-electron chi connectivity index (χ3n) is 3.83. The van der Waals surface area contributed by atoms with Crippen LogP contribution in [0, 0.1) is 11.3 Å². The second-order valence-electron chi connectivity index (χ2n) is 5.62. The Morgan fingerprint density at radius 1 is 1.28 bits per heavy atom. The van der Waals surface area contributed by atoms with Crippen molar-refractivity contribution in [3.8, 4) is 17.6 Å². The van der Waals surface area contributed by atoms with Gasteiger partial charge in [0.25, 0.3) is 0 Å². The summed E-state index contributed by atoms with van der Waals surface area (Å²) in [6.45, 7) is 3.36. The molecule has 0 atom stereocenters. The van der Waals surface area contributed by atoms with Gasteiger partial charge >= 0.3 is 0 Å². The number of pyridine rings is 1. The average Bonchev–Trinajstić information content (AvgIpc) is 3.08. The number of fused-ring (bicyclic) bond motifs is 1. The molecule has 1 N–H and O–H groups in total. The van der Waals surface area contributed by atoms with Gasteiger partial charge < -0.3 is 14.8 Å². The van der Waals surface area contributed by atoms with Crippen LogP contribution in [-0.2, 0) is 6.61 Å². The molecule has 3 aromatic rings. The van der Waals surface area contributed by atoms with Crippen LogP contribution in [0.25, 0.3) is 5.52 Å². The van der Waals surface area contributed by atoms with Crippen molar-refractivity contribution in [2.24, 2.45) is 0 Å². The first kappa shape index (κ1) is 16.7. The minimum atomic E-state index is 0.396. The van der Waals surface area contributed by atoms with Gasteiger partial charge in [0.1, 0.15) is 35.3 Å². The van der Waals surface area contributed by atoms with Crippen molar-refractivity contribution in [3.05, 3.63) is 53.9 Å². The molecule has 128 valence electrons. The van der Waals surface area contributed by atoms with Crippen molar-refractivity contribution in [1.29, 1.82) is 5.26 Å². The second kappa shape index (κ2) is 7.58. The van der Waals surface area contributed by atoms with E-state index in [1.54, 1.807) is 17.8 Å². The third-order valence-corrected chi connectivity index (χ3v) is 3.83. The Hall–Kier alpha value is -3.20. The van der Waals surface area contributed by atoms with Gasteiger partial charge in [-0.1, -0.05) is 19.1 Å². The van der Waals surface area contributed by atoms with E-state index < -0.39 is 0 Å². The fourth-order valence-electron chi connectivity index (χ4n) is 2.53. The summed E-state index contributed by atoms with van der Waals surface area (Å²) in [4.78, 5) is 0. The van der Waals surface area contributed by atoms with Gasteiger partial charge in [-0.3, -0.25) is 0 Å². The Balaban J connectivity index is 1.89. The Labute approximate surface area is 146 Å². The number of benzene rings is 1. The van der Waals surface area contributed by atoms with Crippen molar-refractivity contribution in [2.75, 3.05) is 19.0 Å². The number of nitriles is 1. The number of anilines is 1. The van der Waals surface area contributed by atoms with Crippen molar-refractivity contribution in [1.82, 2.24) is 9.61 Å². The molecular weight excluding hydrogens is 316 g/mol. The van der Waals surface area contributed by atoms with Gasteiger partial charge in [0.05, 0.1) is 25.2 Å². The summed E-state index contributed by atoms with van der Waals surface area (Å²) >= 11 is 0. The smallest absolute Gasteiger partial charge is 0.149 e. The van der Waals surface area contributed by atoms with Crippen LogP contribution in [0.1, 0.15) is 24.5 Å². The van der Waals surface area contributed by atoms with Gasteiger partial charge in [-0.05, 0) is 24.1 Å². The van der Waals surface area contributed by atoms with Crippen LogP contribution in [0.4, 0.5) is 5.69 Å². The Kier molecular flexibility index (Phi) is 5.05. The van der Waals surface area contributed by atoms with Crippen LogP contribution < -0.4 is 14.8 Å². The largest absolute Gasteiger partial charge is 0.497 e. The maximum atomic E-state index is 9.31. The molecule has 0 aliphatic carbocycles. The fourth-order valence-corrected chi connectivity index (χ4v) is 2.53. The van der Waals surface area contributed by atoms with E-state index in [0.717, 1.165) is 30.0 Å². The highest BCUT2D eigenvalue weighted by molar-refractivity contribution is 5.72. The third kappa shape index (κ3) is 3.66. The maximum Gasteiger partial charge on any atom is 0.149 e. The number of methoxy groups -OCH3 is 1. The van der Waals surface area contributed by atoms with Gasteiger partial charge in [0.15, 0.2) is 0 Å². The van der Waals surface area contributed by atoms with E-state index >= 15 is 0 Å². The molecule has 0 radical (unpaired) electrons. The Morgan fingerprint density at radius 2 is 2.08 bits per heavy atom. The predicted molar refractivity (Wildman–Crippen MR) is 96.0 cm³/mol. The maximum absolute atomic E-state index is 9.31. The number of aromatic nitrogens is 2. The molecule has 3 rings (SSSR count). The van der Waals surface area contributed by atoms with E-state index in [-0.39, 0.29) is 0 Å². The topological polar surface area (TPSA) is 71.6 Å². The highest BCUT2D eigenvalue weighted by Crippen LogP contribution is 2.28. The molecule has 25 heavy (non-hydrogen) atoms. The lowest BCUT2D eigenvalue weighted by molar-refractivity contribution is 0.308. The van der Waals surface area contributed by atoms with E-state index in [0.29, 0.717) is 23.4 Å². The van der Waals surface area contributed by atoms with E-state index in [1.165, 1.54) is 0 Å². The van der Waals surface area contributed by atoms with Crippen LogP contribution >= 0.6 is 0 Å². The highest BCUT2D eigenvalue weighted by atomic mass is 16.5. The number of nitrogens with zero attached hydrogens (tertiary/aromatic N) is 3. The molecule has 6 heteroatoms. The van der Waals surface area contributed by atoms with Crippen LogP contribution in [0.15, 0.2) is 42.7 Å². The molecule has 0 bridgehead atoms. The summed E-state index contributed by atoms with van der Waals surface area (Å²) in [6, 6.07) is 11.8. The van der Waals surface area contributed by atoms with E-state index in [4.69, 9.17) is 9.47 Å². The number of hydrogen-bond acceptors (Lipinski definition) is 5. The molecule has 0 fully saturated rings. The summed E-state index contributed by atoms with van der Waals surface area (Å²) in [5.41, 5.74) is 3.10. The molecular formula is C19H20N4O2. The standard InChI is InChI=1S/C19H20N4O2/c1-3-8-21-16-9-18(19-15(10-20)11-22-23(19)12-16)25-13-14-4-6-17(24-2)7-5-14/h4-7,9,11-12,21H,3,8,13H2,1-2H3. The molecule has 2 aromatic heterocycles. The van der Waals surface area contributed by atoms with E-state index in [2.05, 4.69) is 23.4 Å². The van der Waals surface area contributed by atoms with Crippen molar-refractivity contribution >= 4 is 11.2 Å². The predicted octanol–water partition coefficient (Wildman–Crippen LogP) is 3.62. The van der Waals surface area contributed by atoms with Gasteiger partial charge in [-0.25, -0.2) is 4.52 Å². The summed E-state index contributed by atoms with van der Waals surface area (Å²) in [5, 5.41) is 16.9. The van der Waals surface area contributed by atoms with Gasteiger partial charge in [-0.15, -0.1) is 0 Å². The lowest BCUT2D eigenvalue weighted by atomic mass is 10.2. The zero-order valence-electron chi connectivity index (χ0n) is 14.3. The first-order valence-electron chi connectivity index (χ1n) is 8.16. The van der Waals surface area contributed by atoms with Crippen molar-refractivity contribution < 1.29 is 9.47 Å².